The number of hydrazone groups is 1. The summed E-state index contributed by atoms with van der Waals surface area (Å²) in [7, 11) is 0. The number of nitrogens with one attached hydrogen (secondary N) is 1. The summed E-state index contributed by atoms with van der Waals surface area (Å²) in [5, 5.41) is 11.2. The van der Waals surface area contributed by atoms with Gasteiger partial charge < -0.3 is 0 Å². The maximum Gasteiger partial charge on any atom is 0.292 e. The first-order valence-electron chi connectivity index (χ1n) is 8.04. The molecule has 1 N–H and O–H groups in total. The van der Waals surface area contributed by atoms with Gasteiger partial charge in [0.05, 0.1) is 11.6 Å². The zero-order chi connectivity index (χ0) is 19.0. The van der Waals surface area contributed by atoms with Crippen molar-refractivity contribution < 1.29 is 4.79 Å². The largest absolute Gasteiger partial charge is 0.292 e. The number of carbonyl (C=O) groups excluding carboxylic acids is 1. The predicted octanol–water partition coefficient (Wildman–Crippen LogP) is 2.54. The lowest BCUT2D eigenvalue weighted by Gasteiger charge is -2.08. The Labute approximate surface area is 161 Å². The van der Waals surface area contributed by atoms with Gasteiger partial charge in [-0.2, -0.15) is 10.2 Å². The number of hydrogen-bond donors (Lipinski definition) is 1. The number of imidazole rings is 1. The molecule has 0 spiro atoms. The Morgan fingerprint density at radius 3 is 2.93 bits per heavy atom. The second-order valence-electron chi connectivity index (χ2n) is 5.56. The van der Waals surface area contributed by atoms with Crippen LogP contribution in [0.15, 0.2) is 45.7 Å². The number of rotatable bonds is 4. The zero-order valence-electron chi connectivity index (χ0n) is 14.1. The molecule has 0 aliphatic rings. The maximum atomic E-state index is 12.6. The molecule has 3 aromatic heterocycles. The topological polar surface area (TPSA) is 93.7 Å². The summed E-state index contributed by atoms with van der Waals surface area (Å²) in [6, 6.07) is 6.85. The van der Waals surface area contributed by atoms with Gasteiger partial charge in [-0.1, -0.05) is 29.8 Å². The molecule has 10 heteroatoms. The summed E-state index contributed by atoms with van der Waals surface area (Å²) in [5.41, 5.74) is 2.89. The molecule has 0 saturated heterocycles. The molecule has 0 aliphatic heterocycles. The summed E-state index contributed by atoms with van der Waals surface area (Å²) < 4.78 is 3.03. The van der Waals surface area contributed by atoms with Crippen molar-refractivity contribution in [1.29, 1.82) is 0 Å². The fourth-order valence-electron chi connectivity index (χ4n) is 2.71. The van der Waals surface area contributed by atoms with Gasteiger partial charge in [0.1, 0.15) is 5.69 Å². The van der Waals surface area contributed by atoms with Crippen LogP contribution in [0.1, 0.15) is 23.1 Å². The number of hydrogen-bond acceptors (Lipinski definition) is 6. The summed E-state index contributed by atoms with van der Waals surface area (Å²) in [6.07, 6.45) is 3.24. The lowest BCUT2D eigenvalue weighted by Crippen LogP contribution is -2.28. The molecule has 136 valence electrons. The molecule has 1 aromatic carbocycles. The second kappa shape index (κ2) is 6.93. The molecular formula is C17H13ClN6O2S. The van der Waals surface area contributed by atoms with Crippen LogP contribution in [0.4, 0.5) is 0 Å². The van der Waals surface area contributed by atoms with E-state index in [0.29, 0.717) is 28.2 Å². The maximum absolute atomic E-state index is 12.6. The number of fused-ring (bicyclic) bond motifs is 2. The molecule has 0 atom stereocenters. The normalized spacial score (nSPS) is 11.6. The van der Waals surface area contributed by atoms with Gasteiger partial charge in [-0.05, 0) is 13.0 Å². The molecule has 0 saturated carbocycles. The van der Waals surface area contributed by atoms with Crippen molar-refractivity contribution in [2.75, 3.05) is 0 Å². The van der Waals surface area contributed by atoms with Gasteiger partial charge in [0.15, 0.2) is 15.8 Å². The average molecular weight is 401 g/mol. The van der Waals surface area contributed by atoms with E-state index < -0.39 is 5.91 Å². The second-order valence-corrected chi connectivity index (χ2v) is 6.79. The number of halogens is 1. The van der Waals surface area contributed by atoms with E-state index in [2.05, 4.69) is 20.6 Å². The minimum Gasteiger partial charge on any atom is -0.288 e. The average Bonchev–Trinajstić information content (AvgIpc) is 3.24. The number of thiazole rings is 1. The molecule has 0 bridgehead atoms. The van der Waals surface area contributed by atoms with E-state index in [1.807, 2.05) is 11.6 Å². The van der Waals surface area contributed by atoms with Crippen molar-refractivity contribution in [2.45, 2.75) is 13.5 Å². The van der Waals surface area contributed by atoms with Gasteiger partial charge in [-0.25, -0.2) is 15.1 Å². The third-order valence-corrected chi connectivity index (χ3v) is 5.02. The van der Waals surface area contributed by atoms with E-state index in [1.54, 1.807) is 35.6 Å². The third-order valence-electron chi connectivity index (χ3n) is 3.99. The summed E-state index contributed by atoms with van der Waals surface area (Å²) in [6.45, 7) is 2.14. The van der Waals surface area contributed by atoms with Gasteiger partial charge in [-0.15, -0.1) is 11.3 Å². The number of carbonyl (C=O) groups is 1. The summed E-state index contributed by atoms with van der Waals surface area (Å²) in [4.78, 5) is 29.9. The Kier molecular flexibility index (Phi) is 4.46. The lowest BCUT2D eigenvalue weighted by atomic mass is 10.1. The van der Waals surface area contributed by atoms with Crippen LogP contribution in [0.25, 0.3) is 15.7 Å². The van der Waals surface area contributed by atoms with Crippen molar-refractivity contribution in [3.63, 3.8) is 0 Å². The Bertz CT molecular complexity index is 1260. The molecule has 0 radical (unpaired) electrons. The summed E-state index contributed by atoms with van der Waals surface area (Å²) >= 11 is 7.54. The molecule has 27 heavy (non-hydrogen) atoms. The summed E-state index contributed by atoms with van der Waals surface area (Å²) in [5.74, 6) is -0.521. The van der Waals surface area contributed by atoms with E-state index in [1.165, 1.54) is 22.2 Å². The fourth-order valence-corrected chi connectivity index (χ4v) is 3.71. The monoisotopic (exact) mass is 400 g/mol. The SMILES string of the molecule is CCn1nc(C(=O)N/N=C\c2c(Cl)nc3sccn23)c2ccccc2c1=O. The van der Waals surface area contributed by atoms with Crippen molar-refractivity contribution in [2.24, 2.45) is 5.10 Å². The van der Waals surface area contributed by atoms with E-state index in [9.17, 15) is 9.59 Å². The van der Waals surface area contributed by atoms with Gasteiger partial charge >= 0.3 is 0 Å². The van der Waals surface area contributed by atoms with E-state index in [4.69, 9.17) is 11.6 Å². The number of benzene rings is 1. The molecule has 4 aromatic rings. The molecule has 0 aliphatic carbocycles. The van der Waals surface area contributed by atoms with Crippen LogP contribution in [0.5, 0.6) is 0 Å². The first-order valence-corrected chi connectivity index (χ1v) is 9.30. The molecule has 1 amide bonds. The Morgan fingerprint density at radius 1 is 1.37 bits per heavy atom. The van der Waals surface area contributed by atoms with E-state index in [-0.39, 0.29) is 11.3 Å². The van der Waals surface area contributed by atoms with Crippen LogP contribution in [0.2, 0.25) is 5.15 Å². The van der Waals surface area contributed by atoms with Crippen LogP contribution in [-0.2, 0) is 6.54 Å². The van der Waals surface area contributed by atoms with E-state index >= 15 is 0 Å². The molecule has 8 nitrogen and oxygen atoms in total. The van der Waals surface area contributed by atoms with Crippen molar-refractivity contribution in [3.05, 3.63) is 62.7 Å². The molecular weight excluding hydrogens is 388 g/mol. The van der Waals surface area contributed by atoms with Gasteiger partial charge in [-0.3, -0.25) is 14.0 Å². The quantitative estimate of drug-likeness (QED) is 0.420. The fraction of sp³-hybridized carbons (Fsp3) is 0.118. The minimum atomic E-state index is -0.521. The van der Waals surface area contributed by atoms with Gasteiger partial charge in [0.2, 0.25) is 0 Å². The minimum absolute atomic E-state index is 0.129. The van der Waals surface area contributed by atoms with Crippen LogP contribution in [-0.4, -0.2) is 31.3 Å². The lowest BCUT2D eigenvalue weighted by molar-refractivity contribution is 0.0949. The highest BCUT2D eigenvalue weighted by Gasteiger charge is 2.16. The van der Waals surface area contributed by atoms with Gasteiger partial charge in [0.25, 0.3) is 11.5 Å². The van der Waals surface area contributed by atoms with Crippen LogP contribution < -0.4 is 11.0 Å². The van der Waals surface area contributed by atoms with Crippen molar-refractivity contribution >= 4 is 50.8 Å². The number of nitrogens with zero attached hydrogens (tertiary/aromatic N) is 5. The molecule has 0 unspecified atom stereocenters. The van der Waals surface area contributed by atoms with Crippen LogP contribution in [0, 0.1) is 0 Å². The van der Waals surface area contributed by atoms with E-state index in [0.717, 1.165) is 4.96 Å². The number of aryl methyl sites for hydroxylation is 1. The highest BCUT2D eigenvalue weighted by Crippen LogP contribution is 2.19. The molecule has 0 fully saturated rings. The third kappa shape index (κ3) is 3.00. The Hall–Kier alpha value is -3.04. The predicted molar refractivity (Wildman–Crippen MR) is 105 cm³/mol. The number of amides is 1. The smallest absolute Gasteiger partial charge is 0.288 e. The first-order chi connectivity index (χ1) is 13.1. The molecule has 3 heterocycles. The first kappa shape index (κ1) is 17.4. The highest BCUT2D eigenvalue weighted by atomic mass is 35.5. The zero-order valence-corrected chi connectivity index (χ0v) is 15.7. The Morgan fingerprint density at radius 2 is 2.15 bits per heavy atom. The van der Waals surface area contributed by atoms with Crippen molar-refractivity contribution in [1.82, 2.24) is 24.6 Å². The standard InChI is InChI=1S/C17H13ClN6O2S/c1-2-24-16(26)11-6-4-3-5-10(11)13(22-24)15(25)21-19-9-12-14(18)20-17-23(12)7-8-27-17/h3-9H,2H2,1H3,(H,21,25)/b19-9-. The Balaban J connectivity index is 1.67. The van der Waals surface area contributed by atoms with Crippen LogP contribution in [0.3, 0.4) is 0 Å². The van der Waals surface area contributed by atoms with Crippen LogP contribution >= 0.6 is 22.9 Å². The number of aromatic nitrogens is 4. The van der Waals surface area contributed by atoms with Gasteiger partial charge in [0, 0.05) is 23.5 Å². The highest BCUT2D eigenvalue weighted by molar-refractivity contribution is 7.15. The molecule has 4 rings (SSSR count). The van der Waals surface area contributed by atoms with Crippen molar-refractivity contribution in [3.8, 4) is 0 Å².